The van der Waals surface area contributed by atoms with Gasteiger partial charge >= 0.3 is 5.63 Å². The Kier molecular flexibility index (Phi) is 6.02. The van der Waals surface area contributed by atoms with E-state index < -0.39 is 11.5 Å². The van der Waals surface area contributed by atoms with Crippen LogP contribution in [0.3, 0.4) is 0 Å². The van der Waals surface area contributed by atoms with Crippen LogP contribution >= 0.6 is 22.7 Å². The highest BCUT2D eigenvalue weighted by Gasteiger charge is 2.24. The lowest BCUT2D eigenvalue weighted by Gasteiger charge is -2.07. The number of thiazole rings is 1. The molecule has 210 valence electrons. The molecule has 7 aromatic rings. The van der Waals surface area contributed by atoms with Gasteiger partial charge in [0.2, 0.25) is 6.79 Å². The van der Waals surface area contributed by atoms with Crippen LogP contribution in [-0.4, -0.2) is 17.7 Å². The number of ether oxygens (including phenoxy) is 2. The number of hydrogen-bond donors (Lipinski definition) is 1. The molecule has 1 aliphatic heterocycles. The van der Waals surface area contributed by atoms with Gasteiger partial charge in [-0.2, -0.15) is 0 Å². The molecule has 0 atom stereocenters. The molecular formula is C34H22N2O5S2. The summed E-state index contributed by atoms with van der Waals surface area (Å²) in [5, 5.41) is 7.10. The molecule has 43 heavy (non-hydrogen) atoms. The highest BCUT2D eigenvalue weighted by atomic mass is 32.1. The number of nitrogens with zero attached hydrogens (tertiary/aromatic N) is 1. The zero-order valence-electron chi connectivity index (χ0n) is 22.8. The first-order valence-corrected chi connectivity index (χ1v) is 15.3. The Morgan fingerprint density at radius 1 is 0.907 bits per heavy atom. The number of carbonyl (C=O) groups is 1. The van der Waals surface area contributed by atoms with Crippen molar-refractivity contribution in [1.82, 2.24) is 4.98 Å². The van der Waals surface area contributed by atoms with Crippen molar-refractivity contribution in [3.05, 3.63) is 117 Å². The Labute approximate surface area is 253 Å². The first-order chi connectivity index (χ1) is 21.0. The van der Waals surface area contributed by atoms with E-state index >= 15 is 0 Å². The number of hydrogen-bond acceptors (Lipinski definition) is 8. The molecule has 0 saturated heterocycles. The van der Waals surface area contributed by atoms with E-state index in [1.807, 2.05) is 79.7 Å². The number of para-hydroxylation sites is 1. The Hall–Kier alpha value is -4.99. The fraction of sp³-hybridized carbons (Fsp3) is 0.0882. The first kappa shape index (κ1) is 25.7. The summed E-state index contributed by atoms with van der Waals surface area (Å²) in [5.41, 5.74) is 3.53. The standard InChI is InChI=1S/C34H22N2O5S2/c1-18-29(15-19-10-12-26-27(14-19)40-17-39-26)43-33(30(18)32-35-24-8-4-5-9-28(24)42-32)36-31(37)23-16-22-21-7-3-2-6-20(21)11-13-25(22)41-34(23)38/h2-14,16H,15,17H2,1H3,(H,36,37). The summed E-state index contributed by atoms with van der Waals surface area (Å²) in [7, 11) is 0. The molecule has 4 heterocycles. The third-order valence-electron chi connectivity index (χ3n) is 7.67. The Balaban J connectivity index is 1.22. The molecule has 0 spiro atoms. The van der Waals surface area contributed by atoms with E-state index in [0.29, 0.717) is 22.4 Å². The molecule has 0 aliphatic carbocycles. The number of benzene rings is 4. The van der Waals surface area contributed by atoms with Gasteiger partial charge in [-0.05, 0) is 65.2 Å². The molecule has 7 nitrogen and oxygen atoms in total. The molecule has 0 fully saturated rings. The maximum absolute atomic E-state index is 13.8. The third-order valence-corrected chi connectivity index (χ3v) is 9.93. The molecule has 0 unspecified atom stereocenters. The van der Waals surface area contributed by atoms with Crippen molar-refractivity contribution in [3.63, 3.8) is 0 Å². The molecule has 1 aliphatic rings. The fourth-order valence-electron chi connectivity index (χ4n) is 5.49. The van der Waals surface area contributed by atoms with Gasteiger partial charge in [-0.1, -0.05) is 48.5 Å². The summed E-state index contributed by atoms with van der Waals surface area (Å²) in [6, 6.07) is 27.0. The van der Waals surface area contributed by atoms with Crippen LogP contribution in [0.25, 0.3) is 42.5 Å². The predicted octanol–water partition coefficient (Wildman–Crippen LogP) is 8.16. The van der Waals surface area contributed by atoms with E-state index in [9.17, 15) is 9.59 Å². The molecule has 9 heteroatoms. The molecule has 8 rings (SSSR count). The predicted molar refractivity (Wildman–Crippen MR) is 171 cm³/mol. The topological polar surface area (TPSA) is 90.7 Å². The molecular weight excluding hydrogens is 581 g/mol. The van der Waals surface area contributed by atoms with Gasteiger partial charge in [-0.15, -0.1) is 22.7 Å². The van der Waals surface area contributed by atoms with Crippen molar-refractivity contribution in [2.45, 2.75) is 13.3 Å². The molecule has 0 saturated carbocycles. The smallest absolute Gasteiger partial charge is 0.349 e. The Bertz CT molecular complexity index is 2270. The molecule has 0 radical (unpaired) electrons. The van der Waals surface area contributed by atoms with Crippen LogP contribution < -0.4 is 20.4 Å². The number of rotatable bonds is 5. The Morgan fingerprint density at radius 2 is 1.74 bits per heavy atom. The summed E-state index contributed by atoms with van der Waals surface area (Å²) in [6.07, 6.45) is 0.630. The average molecular weight is 603 g/mol. The largest absolute Gasteiger partial charge is 0.454 e. The summed E-state index contributed by atoms with van der Waals surface area (Å²) < 4.78 is 17.7. The minimum absolute atomic E-state index is 0.0533. The lowest BCUT2D eigenvalue weighted by Crippen LogP contribution is -2.20. The highest BCUT2D eigenvalue weighted by molar-refractivity contribution is 7.23. The van der Waals surface area contributed by atoms with Gasteiger partial charge in [0, 0.05) is 22.2 Å². The summed E-state index contributed by atoms with van der Waals surface area (Å²) in [4.78, 5) is 32.8. The monoisotopic (exact) mass is 602 g/mol. The lowest BCUT2D eigenvalue weighted by molar-refractivity contribution is 0.102. The van der Waals surface area contributed by atoms with Gasteiger partial charge in [0.25, 0.3) is 5.91 Å². The van der Waals surface area contributed by atoms with Crippen LogP contribution in [0, 0.1) is 6.92 Å². The van der Waals surface area contributed by atoms with E-state index in [1.165, 1.54) is 11.3 Å². The number of fused-ring (bicyclic) bond motifs is 5. The number of carbonyl (C=O) groups excluding carboxylic acids is 1. The molecule has 0 bridgehead atoms. The molecule has 1 amide bonds. The van der Waals surface area contributed by atoms with Gasteiger partial charge < -0.3 is 19.2 Å². The summed E-state index contributed by atoms with van der Waals surface area (Å²) in [5.74, 6) is 0.931. The van der Waals surface area contributed by atoms with Crippen LogP contribution in [0.15, 0.2) is 94.1 Å². The normalized spacial score (nSPS) is 12.4. The maximum Gasteiger partial charge on any atom is 0.349 e. The first-order valence-electron chi connectivity index (χ1n) is 13.7. The Morgan fingerprint density at radius 3 is 2.65 bits per heavy atom. The zero-order chi connectivity index (χ0) is 29.1. The van der Waals surface area contributed by atoms with E-state index in [0.717, 1.165) is 59.1 Å². The van der Waals surface area contributed by atoms with Crippen LogP contribution in [0.1, 0.15) is 26.4 Å². The quantitative estimate of drug-likeness (QED) is 0.158. The minimum Gasteiger partial charge on any atom is -0.454 e. The van der Waals surface area contributed by atoms with Gasteiger partial charge in [0.05, 0.1) is 10.2 Å². The lowest BCUT2D eigenvalue weighted by atomic mass is 10.0. The van der Waals surface area contributed by atoms with E-state index in [-0.39, 0.29) is 12.4 Å². The van der Waals surface area contributed by atoms with Gasteiger partial charge in [-0.25, -0.2) is 9.78 Å². The summed E-state index contributed by atoms with van der Waals surface area (Å²) in [6.45, 7) is 2.26. The summed E-state index contributed by atoms with van der Waals surface area (Å²) >= 11 is 3.06. The second kappa shape index (κ2) is 10.1. The average Bonchev–Trinajstić information content (AvgIpc) is 3.73. The third kappa shape index (κ3) is 4.45. The van der Waals surface area contributed by atoms with Crippen molar-refractivity contribution >= 4 is 65.5 Å². The van der Waals surface area contributed by atoms with Crippen LogP contribution in [0.5, 0.6) is 11.5 Å². The number of aromatic nitrogens is 1. The fourth-order valence-corrected chi connectivity index (χ4v) is 7.87. The van der Waals surface area contributed by atoms with Crippen molar-refractivity contribution in [2.24, 2.45) is 0 Å². The SMILES string of the molecule is Cc1c(Cc2ccc3c(c2)OCO3)sc(NC(=O)c2cc3c(ccc4ccccc43)oc2=O)c1-c1nc2ccccc2s1. The van der Waals surface area contributed by atoms with Crippen LogP contribution in [-0.2, 0) is 6.42 Å². The van der Waals surface area contributed by atoms with Gasteiger partial charge in [-0.3, -0.25) is 4.79 Å². The highest BCUT2D eigenvalue weighted by Crippen LogP contribution is 2.45. The van der Waals surface area contributed by atoms with Crippen LogP contribution in [0.2, 0.25) is 0 Å². The van der Waals surface area contributed by atoms with Crippen molar-refractivity contribution in [2.75, 3.05) is 12.1 Å². The van der Waals surface area contributed by atoms with Gasteiger partial charge in [0.15, 0.2) is 11.5 Å². The molecule has 4 aromatic carbocycles. The number of nitrogens with one attached hydrogen (secondary N) is 1. The maximum atomic E-state index is 13.8. The minimum atomic E-state index is -0.685. The van der Waals surface area contributed by atoms with E-state index in [2.05, 4.69) is 5.32 Å². The second-order valence-electron chi connectivity index (χ2n) is 10.3. The molecule has 3 aromatic heterocycles. The van der Waals surface area contributed by atoms with Crippen molar-refractivity contribution in [3.8, 4) is 22.1 Å². The van der Waals surface area contributed by atoms with E-state index in [4.69, 9.17) is 18.9 Å². The van der Waals surface area contributed by atoms with Gasteiger partial charge in [0.1, 0.15) is 21.2 Å². The zero-order valence-corrected chi connectivity index (χ0v) is 24.4. The number of thiophene rings is 1. The number of amides is 1. The van der Waals surface area contributed by atoms with Crippen LogP contribution in [0.4, 0.5) is 5.00 Å². The second-order valence-corrected chi connectivity index (χ2v) is 12.4. The van der Waals surface area contributed by atoms with Crippen molar-refractivity contribution in [1.29, 1.82) is 0 Å². The molecule has 1 N–H and O–H groups in total. The van der Waals surface area contributed by atoms with E-state index in [1.54, 1.807) is 23.5 Å². The number of anilines is 1. The van der Waals surface area contributed by atoms with Crippen molar-refractivity contribution < 1.29 is 18.7 Å².